The molecular formula is C12H11Br2N. The van der Waals surface area contributed by atoms with Gasteiger partial charge in [-0.15, -0.1) is 0 Å². The molecule has 0 amide bonds. The number of allylic oxidation sites excluding steroid dienone is 2. The van der Waals surface area contributed by atoms with Crippen molar-refractivity contribution in [2.75, 3.05) is 6.54 Å². The Kier molecular flexibility index (Phi) is 3.65. The lowest BCUT2D eigenvalue weighted by molar-refractivity contribution is 0.402. The van der Waals surface area contributed by atoms with Crippen molar-refractivity contribution in [3.05, 3.63) is 57.1 Å². The molecule has 0 bridgehead atoms. The van der Waals surface area contributed by atoms with Crippen molar-refractivity contribution in [3.8, 4) is 0 Å². The van der Waals surface area contributed by atoms with Gasteiger partial charge in [-0.1, -0.05) is 46.3 Å². The SMILES string of the molecule is BrC1=CN(Cc2ccccc2)CC(Br)=C1. The molecule has 0 spiro atoms. The Bertz CT molecular complexity index is 395. The quantitative estimate of drug-likeness (QED) is 0.792. The highest BCUT2D eigenvalue weighted by molar-refractivity contribution is 9.12. The molecule has 0 radical (unpaired) electrons. The number of benzene rings is 1. The molecule has 0 aliphatic carbocycles. The van der Waals surface area contributed by atoms with Gasteiger partial charge in [-0.25, -0.2) is 0 Å². The van der Waals surface area contributed by atoms with Crippen LogP contribution in [0.2, 0.25) is 0 Å². The lowest BCUT2D eigenvalue weighted by atomic mass is 10.2. The number of halogens is 2. The van der Waals surface area contributed by atoms with Crippen LogP contribution in [-0.2, 0) is 6.54 Å². The smallest absolute Gasteiger partial charge is 0.0494 e. The van der Waals surface area contributed by atoms with Crippen LogP contribution in [-0.4, -0.2) is 11.4 Å². The van der Waals surface area contributed by atoms with E-state index < -0.39 is 0 Å². The first-order valence-electron chi connectivity index (χ1n) is 4.75. The third-order valence-electron chi connectivity index (χ3n) is 2.18. The third-order valence-corrected chi connectivity index (χ3v) is 3.10. The van der Waals surface area contributed by atoms with Crippen molar-refractivity contribution in [1.82, 2.24) is 4.90 Å². The van der Waals surface area contributed by atoms with E-state index >= 15 is 0 Å². The van der Waals surface area contributed by atoms with Crippen LogP contribution in [0, 0.1) is 0 Å². The van der Waals surface area contributed by atoms with E-state index in [0.717, 1.165) is 17.6 Å². The Labute approximate surface area is 107 Å². The minimum absolute atomic E-state index is 0.935. The molecule has 0 atom stereocenters. The zero-order valence-electron chi connectivity index (χ0n) is 8.16. The maximum atomic E-state index is 3.53. The summed E-state index contributed by atoms with van der Waals surface area (Å²) in [5.41, 5.74) is 1.33. The second-order valence-corrected chi connectivity index (χ2v) is 5.43. The van der Waals surface area contributed by atoms with E-state index in [2.05, 4.69) is 73.3 Å². The summed E-state index contributed by atoms with van der Waals surface area (Å²) in [7, 11) is 0. The summed E-state index contributed by atoms with van der Waals surface area (Å²) < 4.78 is 2.31. The fraction of sp³-hybridized carbons (Fsp3) is 0.167. The van der Waals surface area contributed by atoms with Gasteiger partial charge >= 0.3 is 0 Å². The van der Waals surface area contributed by atoms with Gasteiger partial charge in [0.05, 0.1) is 0 Å². The van der Waals surface area contributed by atoms with Crippen molar-refractivity contribution >= 4 is 31.9 Å². The summed E-state index contributed by atoms with van der Waals surface area (Å²) in [5, 5.41) is 0. The van der Waals surface area contributed by atoms with Gasteiger partial charge in [0, 0.05) is 28.3 Å². The van der Waals surface area contributed by atoms with E-state index in [1.54, 1.807) is 0 Å². The summed E-state index contributed by atoms with van der Waals surface area (Å²) in [5.74, 6) is 0. The Hall–Kier alpha value is -0.540. The van der Waals surface area contributed by atoms with E-state index in [9.17, 15) is 0 Å². The van der Waals surface area contributed by atoms with Crippen LogP contribution in [0.4, 0.5) is 0 Å². The molecule has 1 nitrogen and oxygen atoms in total. The van der Waals surface area contributed by atoms with Crippen LogP contribution < -0.4 is 0 Å². The molecule has 0 saturated heterocycles. The fourth-order valence-corrected chi connectivity index (χ4v) is 3.01. The highest BCUT2D eigenvalue weighted by atomic mass is 79.9. The summed E-state index contributed by atoms with van der Waals surface area (Å²) in [6, 6.07) is 10.5. The largest absolute Gasteiger partial charge is 0.367 e. The Morgan fingerprint density at radius 1 is 1.13 bits per heavy atom. The predicted molar refractivity (Wildman–Crippen MR) is 70.9 cm³/mol. The van der Waals surface area contributed by atoms with Gasteiger partial charge in [-0.3, -0.25) is 0 Å². The monoisotopic (exact) mass is 327 g/mol. The summed E-state index contributed by atoms with van der Waals surface area (Å²) in [4.78, 5) is 2.27. The molecule has 15 heavy (non-hydrogen) atoms. The van der Waals surface area contributed by atoms with Gasteiger partial charge in [0.25, 0.3) is 0 Å². The molecule has 3 heteroatoms. The van der Waals surface area contributed by atoms with Gasteiger partial charge in [0.15, 0.2) is 0 Å². The molecule has 1 aromatic carbocycles. The maximum absolute atomic E-state index is 3.53. The van der Waals surface area contributed by atoms with Gasteiger partial charge in [-0.2, -0.15) is 0 Å². The third kappa shape index (κ3) is 3.21. The number of nitrogens with zero attached hydrogens (tertiary/aromatic N) is 1. The van der Waals surface area contributed by atoms with Crippen LogP contribution in [0.25, 0.3) is 0 Å². The Balaban J connectivity index is 2.06. The van der Waals surface area contributed by atoms with Crippen LogP contribution >= 0.6 is 31.9 Å². The van der Waals surface area contributed by atoms with Crippen molar-refractivity contribution in [2.45, 2.75) is 6.54 Å². The molecule has 0 unspecified atom stereocenters. The number of hydrogen-bond donors (Lipinski definition) is 0. The normalized spacial score (nSPS) is 16.0. The molecule has 1 aromatic rings. The molecule has 1 aliphatic heterocycles. The molecule has 0 N–H and O–H groups in total. The van der Waals surface area contributed by atoms with E-state index in [4.69, 9.17) is 0 Å². The van der Waals surface area contributed by atoms with E-state index in [1.165, 1.54) is 10.0 Å². The minimum atomic E-state index is 0.935. The second kappa shape index (κ2) is 4.99. The molecule has 2 rings (SSSR count). The van der Waals surface area contributed by atoms with Crippen molar-refractivity contribution in [3.63, 3.8) is 0 Å². The van der Waals surface area contributed by atoms with E-state index in [1.807, 2.05) is 6.07 Å². The van der Waals surface area contributed by atoms with Crippen LogP contribution in [0.1, 0.15) is 5.56 Å². The number of hydrogen-bond acceptors (Lipinski definition) is 1. The first-order chi connectivity index (χ1) is 7.24. The summed E-state index contributed by atoms with van der Waals surface area (Å²) >= 11 is 7.03. The van der Waals surface area contributed by atoms with E-state index in [0.29, 0.717) is 0 Å². The molecule has 78 valence electrons. The fourth-order valence-electron chi connectivity index (χ4n) is 1.57. The van der Waals surface area contributed by atoms with Gasteiger partial charge in [0.1, 0.15) is 0 Å². The van der Waals surface area contributed by atoms with Crippen LogP contribution in [0.5, 0.6) is 0 Å². The van der Waals surface area contributed by atoms with Crippen molar-refractivity contribution in [1.29, 1.82) is 0 Å². The molecule has 1 heterocycles. The van der Waals surface area contributed by atoms with E-state index in [-0.39, 0.29) is 0 Å². The highest BCUT2D eigenvalue weighted by Gasteiger charge is 2.08. The first-order valence-corrected chi connectivity index (χ1v) is 6.34. The molecule has 0 saturated carbocycles. The average Bonchev–Trinajstić information content (AvgIpc) is 2.17. The average molecular weight is 329 g/mol. The zero-order chi connectivity index (χ0) is 10.7. The van der Waals surface area contributed by atoms with Gasteiger partial charge < -0.3 is 4.90 Å². The standard InChI is InChI=1S/C12H11Br2N/c13-11-6-12(14)9-15(8-11)7-10-4-2-1-3-5-10/h1-6,8H,7,9H2. The molecule has 0 aromatic heterocycles. The van der Waals surface area contributed by atoms with Crippen molar-refractivity contribution < 1.29 is 0 Å². The van der Waals surface area contributed by atoms with Gasteiger partial charge in [0.2, 0.25) is 0 Å². The molecular weight excluding hydrogens is 318 g/mol. The maximum Gasteiger partial charge on any atom is 0.0494 e. The minimum Gasteiger partial charge on any atom is -0.367 e. The van der Waals surface area contributed by atoms with Crippen LogP contribution in [0.3, 0.4) is 0 Å². The van der Waals surface area contributed by atoms with Crippen molar-refractivity contribution in [2.24, 2.45) is 0 Å². The number of rotatable bonds is 2. The zero-order valence-corrected chi connectivity index (χ0v) is 11.3. The Morgan fingerprint density at radius 2 is 1.87 bits per heavy atom. The first kappa shape index (κ1) is 11.0. The molecule has 1 aliphatic rings. The topological polar surface area (TPSA) is 3.24 Å². The molecule has 0 fully saturated rings. The van der Waals surface area contributed by atoms with Gasteiger partial charge in [-0.05, 0) is 27.6 Å². The summed E-state index contributed by atoms with van der Waals surface area (Å²) in [6.45, 7) is 1.88. The predicted octanol–water partition coefficient (Wildman–Crippen LogP) is 4.02. The highest BCUT2D eigenvalue weighted by Crippen LogP contribution is 2.23. The lowest BCUT2D eigenvalue weighted by Gasteiger charge is -2.23. The second-order valence-electron chi connectivity index (χ2n) is 3.50. The Morgan fingerprint density at radius 3 is 2.53 bits per heavy atom. The lowest BCUT2D eigenvalue weighted by Crippen LogP contribution is -2.20. The summed E-state index contributed by atoms with van der Waals surface area (Å²) in [6.07, 6.45) is 4.21. The van der Waals surface area contributed by atoms with Crippen LogP contribution in [0.15, 0.2) is 51.6 Å².